The molecule has 1 amide bonds. The number of amides is 1. The van der Waals surface area contributed by atoms with Gasteiger partial charge in [-0.1, -0.05) is 31.7 Å². The van der Waals surface area contributed by atoms with Crippen molar-refractivity contribution >= 4 is 21.6 Å². The van der Waals surface area contributed by atoms with E-state index in [0.29, 0.717) is 37.7 Å². The highest BCUT2D eigenvalue weighted by Crippen LogP contribution is 2.37. The fraction of sp³-hybridized carbons (Fsp3) is 0.520. The third kappa shape index (κ3) is 4.64. The highest BCUT2D eigenvalue weighted by atomic mass is 32.2. The third-order valence-electron chi connectivity index (χ3n) is 7.48. The number of nitrogens with zero attached hydrogens (tertiary/aromatic N) is 2. The van der Waals surface area contributed by atoms with Crippen LogP contribution in [0.2, 0.25) is 0 Å². The van der Waals surface area contributed by atoms with Crippen molar-refractivity contribution in [3.05, 3.63) is 58.5 Å². The number of hydrogen-bond donors (Lipinski definition) is 1. The van der Waals surface area contributed by atoms with Crippen molar-refractivity contribution in [2.75, 3.05) is 18.4 Å². The van der Waals surface area contributed by atoms with Gasteiger partial charge in [0.2, 0.25) is 15.9 Å². The molecule has 5 rings (SSSR count). The van der Waals surface area contributed by atoms with Gasteiger partial charge in [-0.05, 0) is 55.0 Å². The highest BCUT2D eigenvalue weighted by Gasteiger charge is 2.39. The van der Waals surface area contributed by atoms with Crippen LogP contribution in [-0.2, 0) is 21.4 Å². The predicted octanol–water partition coefficient (Wildman–Crippen LogP) is 3.57. The summed E-state index contributed by atoms with van der Waals surface area (Å²) in [5, 5.41) is 2.89. The average Bonchev–Trinajstić information content (AvgIpc) is 3.33. The Bertz CT molecular complexity index is 1180. The number of anilines is 1. The topological polar surface area (TPSA) is 88.5 Å². The maximum Gasteiger partial charge on any atom is 0.250 e. The van der Waals surface area contributed by atoms with Crippen LogP contribution < -0.4 is 10.9 Å². The number of piperidine rings is 1. The van der Waals surface area contributed by atoms with Gasteiger partial charge in [0.25, 0.3) is 5.56 Å². The number of fused-ring (bicyclic) bond motifs is 4. The van der Waals surface area contributed by atoms with Crippen LogP contribution >= 0.6 is 0 Å². The molecule has 2 aliphatic heterocycles. The minimum atomic E-state index is -3.65. The standard InChI is InChI=1S/C25H31N3O4S/c29-24(13-8-18-4-1-2-5-18)26-21-9-11-22(12-10-21)33(31,32)27-15-19-14-20(17-27)23-6-3-7-25(30)28(23)16-19/h3,6-7,9-12,18-20H,1-2,4-5,8,13-17H2,(H,26,29)/t19-,20+/m0/s1. The lowest BCUT2D eigenvalue weighted by Crippen LogP contribution is -2.48. The number of benzene rings is 1. The average molecular weight is 470 g/mol. The van der Waals surface area contributed by atoms with Gasteiger partial charge in [-0.25, -0.2) is 8.42 Å². The first-order valence-corrected chi connectivity index (χ1v) is 13.4. The lowest BCUT2D eigenvalue weighted by atomic mass is 9.84. The predicted molar refractivity (Wildman–Crippen MR) is 127 cm³/mol. The Hall–Kier alpha value is -2.45. The third-order valence-corrected chi connectivity index (χ3v) is 9.32. The molecule has 1 N–H and O–H groups in total. The van der Waals surface area contributed by atoms with Crippen molar-refractivity contribution in [2.45, 2.75) is 62.3 Å². The summed E-state index contributed by atoms with van der Waals surface area (Å²) < 4.78 is 30.1. The SMILES string of the molecule is O=C(CCC1CCCC1)Nc1ccc(S(=O)(=O)N2C[C@@H]3C[C@H](C2)c2cccc(=O)n2C3)cc1. The lowest BCUT2D eigenvalue weighted by Gasteiger charge is -2.42. The van der Waals surface area contributed by atoms with Crippen LogP contribution in [0.4, 0.5) is 5.69 Å². The van der Waals surface area contributed by atoms with Gasteiger partial charge in [0.1, 0.15) is 0 Å². The van der Waals surface area contributed by atoms with E-state index in [1.807, 2.05) is 6.07 Å². The van der Waals surface area contributed by atoms with Gasteiger partial charge in [-0.15, -0.1) is 0 Å². The van der Waals surface area contributed by atoms with Crippen molar-refractivity contribution in [1.82, 2.24) is 8.87 Å². The molecule has 1 saturated heterocycles. The minimum Gasteiger partial charge on any atom is -0.326 e. The summed E-state index contributed by atoms with van der Waals surface area (Å²) in [6.07, 6.45) is 7.32. The number of hydrogen-bond acceptors (Lipinski definition) is 4. The molecule has 1 aromatic heterocycles. The number of sulfonamides is 1. The van der Waals surface area contributed by atoms with Crippen molar-refractivity contribution < 1.29 is 13.2 Å². The van der Waals surface area contributed by atoms with Crippen molar-refractivity contribution in [1.29, 1.82) is 0 Å². The van der Waals surface area contributed by atoms with E-state index in [2.05, 4.69) is 5.32 Å². The fourth-order valence-corrected chi connectivity index (χ4v) is 7.33. The molecule has 1 aliphatic carbocycles. The molecule has 2 atom stereocenters. The Labute approximate surface area is 194 Å². The van der Waals surface area contributed by atoms with Gasteiger partial charge in [-0.2, -0.15) is 4.31 Å². The van der Waals surface area contributed by atoms with E-state index < -0.39 is 10.0 Å². The monoisotopic (exact) mass is 469 g/mol. The summed E-state index contributed by atoms with van der Waals surface area (Å²) in [4.78, 5) is 24.7. The van der Waals surface area contributed by atoms with Gasteiger partial charge in [0.05, 0.1) is 4.90 Å². The molecule has 1 saturated carbocycles. The largest absolute Gasteiger partial charge is 0.326 e. The zero-order valence-corrected chi connectivity index (χ0v) is 19.6. The quantitative estimate of drug-likeness (QED) is 0.701. The second-order valence-corrected chi connectivity index (χ2v) is 11.7. The van der Waals surface area contributed by atoms with E-state index in [0.717, 1.165) is 18.5 Å². The normalized spacial score (nSPS) is 23.3. The molecule has 0 spiro atoms. The second-order valence-electron chi connectivity index (χ2n) is 9.78. The van der Waals surface area contributed by atoms with E-state index in [1.165, 1.54) is 25.7 Å². The maximum absolute atomic E-state index is 13.4. The van der Waals surface area contributed by atoms with E-state index in [4.69, 9.17) is 0 Å². The number of aromatic nitrogens is 1. The lowest BCUT2D eigenvalue weighted by molar-refractivity contribution is -0.116. The van der Waals surface area contributed by atoms with Crippen LogP contribution in [0.25, 0.3) is 0 Å². The van der Waals surface area contributed by atoms with Gasteiger partial charge in [-0.3, -0.25) is 9.59 Å². The molecule has 2 aromatic rings. The number of rotatable bonds is 6. The van der Waals surface area contributed by atoms with Gasteiger partial charge in [0.15, 0.2) is 0 Å². The first-order chi connectivity index (χ1) is 15.9. The van der Waals surface area contributed by atoms with Crippen LogP contribution in [0.3, 0.4) is 0 Å². The van der Waals surface area contributed by atoms with Gasteiger partial charge in [0, 0.05) is 49.4 Å². The molecule has 2 fully saturated rings. The van der Waals surface area contributed by atoms with Crippen LogP contribution in [0.5, 0.6) is 0 Å². The molecule has 2 bridgehead atoms. The first-order valence-electron chi connectivity index (χ1n) is 12.0. The van der Waals surface area contributed by atoms with Crippen LogP contribution in [-0.4, -0.2) is 36.3 Å². The minimum absolute atomic E-state index is 0.0145. The van der Waals surface area contributed by atoms with Crippen LogP contribution in [0.15, 0.2) is 52.2 Å². The smallest absolute Gasteiger partial charge is 0.250 e. The maximum atomic E-state index is 13.4. The molecular formula is C25H31N3O4S. The number of carbonyl (C=O) groups is 1. The van der Waals surface area contributed by atoms with E-state index in [-0.39, 0.29) is 28.2 Å². The molecule has 3 heterocycles. The van der Waals surface area contributed by atoms with Crippen molar-refractivity contribution in [3.63, 3.8) is 0 Å². The molecule has 1 aromatic carbocycles. The van der Waals surface area contributed by atoms with E-state index in [1.54, 1.807) is 45.3 Å². The summed E-state index contributed by atoms with van der Waals surface area (Å²) in [5.74, 6) is 0.803. The Morgan fingerprint density at radius 2 is 1.76 bits per heavy atom. The molecule has 33 heavy (non-hydrogen) atoms. The van der Waals surface area contributed by atoms with Crippen molar-refractivity contribution in [2.24, 2.45) is 11.8 Å². The molecule has 0 radical (unpaired) electrons. The zero-order chi connectivity index (χ0) is 23.0. The highest BCUT2D eigenvalue weighted by molar-refractivity contribution is 7.89. The fourth-order valence-electron chi connectivity index (χ4n) is 5.77. The molecule has 7 nitrogen and oxygen atoms in total. The van der Waals surface area contributed by atoms with Crippen LogP contribution in [0.1, 0.15) is 56.6 Å². The molecule has 0 unspecified atom stereocenters. The number of carbonyl (C=O) groups excluding carboxylic acids is 1. The van der Waals surface area contributed by atoms with Gasteiger partial charge >= 0.3 is 0 Å². The molecule has 3 aliphatic rings. The number of pyridine rings is 1. The zero-order valence-electron chi connectivity index (χ0n) is 18.8. The second kappa shape index (κ2) is 9.06. The summed E-state index contributed by atoms with van der Waals surface area (Å²) in [6.45, 7) is 1.35. The van der Waals surface area contributed by atoms with Crippen LogP contribution in [0, 0.1) is 11.8 Å². The Morgan fingerprint density at radius 1 is 1.00 bits per heavy atom. The molecule has 176 valence electrons. The summed E-state index contributed by atoms with van der Waals surface area (Å²) >= 11 is 0. The van der Waals surface area contributed by atoms with E-state index >= 15 is 0 Å². The Morgan fingerprint density at radius 3 is 2.52 bits per heavy atom. The Balaban J connectivity index is 1.25. The first kappa shape index (κ1) is 22.3. The molecular weight excluding hydrogens is 438 g/mol. The molecule has 8 heteroatoms. The summed E-state index contributed by atoms with van der Waals surface area (Å²) in [5.41, 5.74) is 1.53. The van der Waals surface area contributed by atoms with Crippen molar-refractivity contribution in [3.8, 4) is 0 Å². The van der Waals surface area contributed by atoms with Gasteiger partial charge < -0.3 is 9.88 Å². The number of nitrogens with one attached hydrogen (secondary N) is 1. The summed E-state index contributed by atoms with van der Waals surface area (Å²) in [7, 11) is -3.65. The van der Waals surface area contributed by atoms with E-state index in [9.17, 15) is 18.0 Å². The summed E-state index contributed by atoms with van der Waals surface area (Å²) in [6, 6.07) is 11.7. The Kier molecular flexibility index (Phi) is 6.14.